The molecule has 1 fully saturated rings. The Balaban J connectivity index is 2.80. The van der Waals surface area contributed by atoms with E-state index in [9.17, 15) is 13.2 Å². The van der Waals surface area contributed by atoms with Crippen molar-refractivity contribution in [1.82, 2.24) is 0 Å². The monoisotopic (exact) mass is 222 g/mol. The lowest BCUT2D eigenvalue weighted by Gasteiger charge is -2.40. The Kier molecular flexibility index (Phi) is 4.07. The maximum atomic E-state index is 12.8. The molecule has 1 rings (SSSR count). The minimum absolute atomic E-state index is 0.154. The fourth-order valence-corrected chi connectivity index (χ4v) is 3.12. The van der Waals surface area contributed by atoms with Gasteiger partial charge in [0.1, 0.15) is 0 Å². The highest BCUT2D eigenvalue weighted by molar-refractivity contribution is 4.86. The zero-order chi connectivity index (χ0) is 11.6. The maximum absolute atomic E-state index is 12.8. The molecule has 0 saturated heterocycles. The predicted octanol–water partition coefficient (Wildman–Crippen LogP) is 4.65. The molecule has 0 heterocycles. The van der Waals surface area contributed by atoms with Gasteiger partial charge >= 0.3 is 6.18 Å². The van der Waals surface area contributed by atoms with Crippen LogP contribution in [0.3, 0.4) is 0 Å². The fourth-order valence-electron chi connectivity index (χ4n) is 3.12. The second kappa shape index (κ2) is 4.75. The average Bonchev–Trinajstić information content (AvgIpc) is 2.15. The van der Waals surface area contributed by atoms with E-state index in [1.807, 2.05) is 20.8 Å². The first-order valence-electron chi connectivity index (χ1n) is 5.94. The summed E-state index contributed by atoms with van der Waals surface area (Å²) in [5.41, 5.74) is 0. The summed E-state index contributed by atoms with van der Waals surface area (Å²) in [4.78, 5) is 0. The van der Waals surface area contributed by atoms with Crippen molar-refractivity contribution in [2.24, 2.45) is 23.7 Å². The molecule has 0 spiro atoms. The average molecular weight is 222 g/mol. The highest BCUT2D eigenvalue weighted by Gasteiger charge is 2.48. The van der Waals surface area contributed by atoms with E-state index in [1.165, 1.54) is 0 Å². The first kappa shape index (κ1) is 12.9. The van der Waals surface area contributed by atoms with E-state index in [1.54, 1.807) is 0 Å². The Morgan fingerprint density at radius 2 is 1.80 bits per heavy atom. The normalized spacial score (nSPS) is 33.4. The van der Waals surface area contributed by atoms with Crippen molar-refractivity contribution >= 4 is 0 Å². The van der Waals surface area contributed by atoms with E-state index < -0.39 is 12.1 Å². The van der Waals surface area contributed by atoms with Crippen LogP contribution in [0, 0.1) is 23.7 Å². The molecule has 1 aliphatic carbocycles. The van der Waals surface area contributed by atoms with Crippen molar-refractivity contribution < 1.29 is 13.2 Å². The summed E-state index contributed by atoms with van der Waals surface area (Å²) in [6.45, 7) is 5.99. The predicted molar refractivity (Wildman–Crippen MR) is 55.5 cm³/mol. The highest BCUT2D eigenvalue weighted by Crippen LogP contribution is 2.47. The van der Waals surface area contributed by atoms with Crippen molar-refractivity contribution in [3.63, 3.8) is 0 Å². The van der Waals surface area contributed by atoms with Gasteiger partial charge in [-0.1, -0.05) is 33.6 Å². The Labute approximate surface area is 90.2 Å². The summed E-state index contributed by atoms with van der Waals surface area (Å²) < 4.78 is 38.4. The molecule has 3 atom stereocenters. The van der Waals surface area contributed by atoms with E-state index >= 15 is 0 Å². The minimum atomic E-state index is -3.99. The smallest absolute Gasteiger partial charge is 0.171 e. The summed E-state index contributed by atoms with van der Waals surface area (Å²) in [5, 5.41) is 0. The van der Waals surface area contributed by atoms with Crippen LogP contribution in [-0.4, -0.2) is 6.18 Å². The lowest BCUT2D eigenvalue weighted by atomic mass is 9.66. The van der Waals surface area contributed by atoms with Crippen LogP contribution in [0.4, 0.5) is 13.2 Å². The van der Waals surface area contributed by atoms with Crippen LogP contribution < -0.4 is 0 Å². The molecule has 0 aliphatic heterocycles. The Hall–Kier alpha value is -0.210. The molecular weight excluding hydrogens is 201 g/mol. The summed E-state index contributed by atoms with van der Waals surface area (Å²) >= 11 is 0. The van der Waals surface area contributed by atoms with E-state index in [0.717, 1.165) is 12.8 Å². The number of halogens is 3. The maximum Gasteiger partial charge on any atom is 0.392 e. The molecule has 0 nitrogen and oxygen atoms in total. The largest absolute Gasteiger partial charge is 0.392 e. The van der Waals surface area contributed by atoms with Crippen molar-refractivity contribution in [1.29, 1.82) is 0 Å². The van der Waals surface area contributed by atoms with Gasteiger partial charge in [0.05, 0.1) is 5.92 Å². The van der Waals surface area contributed by atoms with Crippen LogP contribution in [0.2, 0.25) is 0 Å². The Bertz CT molecular complexity index is 196. The second-order valence-corrected chi connectivity index (χ2v) is 5.06. The third-order valence-corrected chi connectivity index (χ3v) is 3.87. The zero-order valence-electron chi connectivity index (χ0n) is 9.77. The molecule has 90 valence electrons. The molecule has 0 N–H and O–H groups in total. The van der Waals surface area contributed by atoms with Crippen molar-refractivity contribution in [3.8, 4) is 0 Å². The fraction of sp³-hybridized carbons (Fsp3) is 1.00. The number of hydrogen-bond donors (Lipinski definition) is 0. The molecule has 0 aromatic rings. The van der Waals surface area contributed by atoms with Gasteiger partial charge in [0, 0.05) is 0 Å². The molecule has 1 saturated carbocycles. The second-order valence-electron chi connectivity index (χ2n) is 5.06. The molecule has 0 bridgehead atoms. The van der Waals surface area contributed by atoms with Crippen LogP contribution >= 0.6 is 0 Å². The number of alkyl halides is 3. The van der Waals surface area contributed by atoms with Crippen LogP contribution in [0.25, 0.3) is 0 Å². The van der Waals surface area contributed by atoms with Gasteiger partial charge in [-0.2, -0.15) is 13.2 Å². The van der Waals surface area contributed by atoms with Crippen LogP contribution in [0.1, 0.15) is 46.5 Å². The van der Waals surface area contributed by atoms with Crippen molar-refractivity contribution in [3.05, 3.63) is 0 Å². The van der Waals surface area contributed by atoms with Crippen LogP contribution in [0.15, 0.2) is 0 Å². The van der Waals surface area contributed by atoms with E-state index in [0.29, 0.717) is 18.8 Å². The topological polar surface area (TPSA) is 0 Å². The molecule has 1 aliphatic rings. The quantitative estimate of drug-likeness (QED) is 0.638. The molecule has 0 amide bonds. The lowest BCUT2D eigenvalue weighted by molar-refractivity contribution is -0.205. The molecule has 0 aromatic carbocycles. The van der Waals surface area contributed by atoms with Gasteiger partial charge in [0.15, 0.2) is 0 Å². The molecule has 0 aromatic heterocycles. The first-order chi connectivity index (χ1) is 6.88. The van der Waals surface area contributed by atoms with Gasteiger partial charge in [0.2, 0.25) is 0 Å². The molecule has 0 radical (unpaired) electrons. The third kappa shape index (κ3) is 2.88. The minimum Gasteiger partial charge on any atom is -0.171 e. The van der Waals surface area contributed by atoms with E-state index in [-0.39, 0.29) is 11.8 Å². The van der Waals surface area contributed by atoms with Gasteiger partial charge in [-0.3, -0.25) is 0 Å². The van der Waals surface area contributed by atoms with Crippen molar-refractivity contribution in [2.75, 3.05) is 0 Å². The SMILES string of the molecule is CCC1C(C(C)C)CCCC1C(F)(F)F. The lowest BCUT2D eigenvalue weighted by Crippen LogP contribution is -2.39. The summed E-state index contributed by atoms with van der Waals surface area (Å²) in [7, 11) is 0. The molecular formula is C12H21F3. The summed E-state index contributed by atoms with van der Waals surface area (Å²) in [6.07, 6.45) is -1.28. The third-order valence-electron chi connectivity index (χ3n) is 3.87. The van der Waals surface area contributed by atoms with Gasteiger partial charge in [0.25, 0.3) is 0 Å². The van der Waals surface area contributed by atoms with Gasteiger partial charge in [-0.25, -0.2) is 0 Å². The zero-order valence-corrected chi connectivity index (χ0v) is 9.77. The number of hydrogen-bond acceptors (Lipinski definition) is 0. The standard InChI is InChI=1S/C12H21F3/c1-4-9-10(8(2)3)6-5-7-11(9)12(13,14)15/h8-11H,4-7H2,1-3H3. The van der Waals surface area contributed by atoms with Crippen LogP contribution in [-0.2, 0) is 0 Å². The number of rotatable bonds is 2. The Morgan fingerprint density at radius 3 is 2.20 bits per heavy atom. The summed E-state index contributed by atoms with van der Waals surface area (Å²) in [5.74, 6) is -0.571. The van der Waals surface area contributed by atoms with Crippen molar-refractivity contribution in [2.45, 2.75) is 52.6 Å². The molecule has 3 heteroatoms. The van der Waals surface area contributed by atoms with Gasteiger partial charge in [-0.15, -0.1) is 0 Å². The molecule has 3 unspecified atom stereocenters. The highest BCUT2D eigenvalue weighted by atomic mass is 19.4. The van der Waals surface area contributed by atoms with Gasteiger partial charge < -0.3 is 0 Å². The first-order valence-corrected chi connectivity index (χ1v) is 5.94. The van der Waals surface area contributed by atoms with E-state index in [2.05, 4.69) is 0 Å². The van der Waals surface area contributed by atoms with E-state index in [4.69, 9.17) is 0 Å². The summed E-state index contributed by atoms with van der Waals surface area (Å²) in [6, 6.07) is 0. The van der Waals surface area contributed by atoms with Crippen LogP contribution in [0.5, 0.6) is 0 Å². The molecule has 15 heavy (non-hydrogen) atoms. The van der Waals surface area contributed by atoms with Gasteiger partial charge in [-0.05, 0) is 30.6 Å². The Morgan fingerprint density at radius 1 is 1.20 bits per heavy atom.